The van der Waals surface area contributed by atoms with Gasteiger partial charge in [0.05, 0.1) is 17.1 Å². The molecule has 0 radical (unpaired) electrons. The van der Waals surface area contributed by atoms with Crippen molar-refractivity contribution in [3.63, 3.8) is 0 Å². The Labute approximate surface area is 158 Å². The predicted molar refractivity (Wildman–Crippen MR) is 105 cm³/mol. The Bertz CT molecular complexity index is 822. The fraction of sp³-hybridized carbons (Fsp3) is 0.450. The summed E-state index contributed by atoms with van der Waals surface area (Å²) in [4.78, 5) is 28.8. The molecule has 1 aromatic carbocycles. The van der Waals surface area contributed by atoms with Gasteiger partial charge < -0.3 is 9.88 Å². The highest BCUT2D eigenvalue weighted by atomic mass is 32.2. The molecule has 0 saturated heterocycles. The van der Waals surface area contributed by atoms with Crippen LogP contribution in [0.3, 0.4) is 0 Å². The van der Waals surface area contributed by atoms with Gasteiger partial charge in [0.15, 0.2) is 10.9 Å². The van der Waals surface area contributed by atoms with E-state index in [2.05, 4.69) is 21.8 Å². The van der Waals surface area contributed by atoms with E-state index in [1.54, 1.807) is 18.2 Å². The zero-order valence-electron chi connectivity index (χ0n) is 15.5. The Morgan fingerprint density at radius 1 is 1.23 bits per heavy atom. The minimum atomic E-state index is -0.125. The van der Waals surface area contributed by atoms with Gasteiger partial charge in [0.2, 0.25) is 5.91 Å². The first-order valence-corrected chi connectivity index (χ1v) is 10.0. The molecule has 138 valence electrons. The third-order valence-electron chi connectivity index (χ3n) is 4.96. The number of hydrogen-bond donors (Lipinski definition) is 1. The van der Waals surface area contributed by atoms with Gasteiger partial charge in [-0.2, -0.15) is 0 Å². The number of anilines is 1. The number of para-hydroxylation sites is 1. The van der Waals surface area contributed by atoms with E-state index < -0.39 is 0 Å². The number of aromatic nitrogens is 2. The molecule has 2 aromatic rings. The molecule has 1 N–H and O–H groups in total. The van der Waals surface area contributed by atoms with Crippen molar-refractivity contribution in [2.75, 3.05) is 11.1 Å². The number of ketones is 1. The minimum Gasteiger partial charge on any atom is -0.325 e. The van der Waals surface area contributed by atoms with Gasteiger partial charge in [-0.15, -0.1) is 0 Å². The Morgan fingerprint density at radius 2 is 1.92 bits per heavy atom. The van der Waals surface area contributed by atoms with Gasteiger partial charge in [0.25, 0.3) is 0 Å². The molecule has 0 bridgehead atoms. The largest absolute Gasteiger partial charge is 0.325 e. The molecule has 6 heteroatoms. The molecule has 1 aliphatic rings. The summed E-state index contributed by atoms with van der Waals surface area (Å²) in [6.07, 6.45) is 4.88. The number of nitrogens with zero attached hydrogens (tertiary/aromatic N) is 2. The van der Waals surface area contributed by atoms with Crippen LogP contribution in [0.2, 0.25) is 0 Å². The normalized spacial score (nSPS) is 14.6. The fourth-order valence-corrected chi connectivity index (χ4v) is 4.46. The highest BCUT2D eigenvalue weighted by molar-refractivity contribution is 7.99. The molecule has 0 aliphatic heterocycles. The first-order valence-electron chi connectivity index (χ1n) is 9.05. The molecule has 0 atom stereocenters. The summed E-state index contributed by atoms with van der Waals surface area (Å²) in [6, 6.07) is 7.59. The Balaban J connectivity index is 1.69. The van der Waals surface area contributed by atoms with Gasteiger partial charge >= 0.3 is 0 Å². The summed E-state index contributed by atoms with van der Waals surface area (Å²) < 4.78 is 2.31. The Morgan fingerprint density at radius 3 is 2.62 bits per heavy atom. The lowest BCUT2D eigenvalue weighted by atomic mass is 10.1. The summed E-state index contributed by atoms with van der Waals surface area (Å²) in [5.74, 6) is 0.0889. The number of rotatable bonds is 6. The van der Waals surface area contributed by atoms with Crippen LogP contribution in [0.1, 0.15) is 60.4 Å². The number of carbonyl (C=O) groups excluding carboxylic acids is 2. The van der Waals surface area contributed by atoms with E-state index in [1.165, 1.54) is 50.1 Å². The van der Waals surface area contributed by atoms with Crippen LogP contribution in [0.15, 0.2) is 29.4 Å². The average Bonchev–Trinajstić information content (AvgIpc) is 3.22. The van der Waals surface area contributed by atoms with Gasteiger partial charge in [-0.1, -0.05) is 36.7 Å². The molecule has 5 nitrogen and oxygen atoms in total. The molecule has 0 spiro atoms. The summed E-state index contributed by atoms with van der Waals surface area (Å²) in [5.41, 5.74) is 3.32. The number of amides is 1. The number of imidazole rings is 1. The van der Waals surface area contributed by atoms with E-state index in [1.807, 2.05) is 13.0 Å². The maximum atomic E-state index is 12.4. The van der Waals surface area contributed by atoms with Gasteiger partial charge in [0, 0.05) is 17.3 Å². The van der Waals surface area contributed by atoms with Crippen LogP contribution in [-0.2, 0) is 4.79 Å². The van der Waals surface area contributed by atoms with Crippen molar-refractivity contribution in [1.29, 1.82) is 0 Å². The monoisotopic (exact) mass is 371 g/mol. The molecule has 1 heterocycles. The van der Waals surface area contributed by atoms with E-state index in [9.17, 15) is 9.59 Å². The molecular weight excluding hydrogens is 346 g/mol. The average molecular weight is 372 g/mol. The molecule has 1 saturated carbocycles. The molecule has 0 unspecified atom stereocenters. The molecule has 1 aromatic heterocycles. The number of Topliss-reactive ketones (excluding diaryl/α,β-unsaturated/α-hetero) is 1. The summed E-state index contributed by atoms with van der Waals surface area (Å²) in [7, 11) is 0. The lowest BCUT2D eigenvalue weighted by Crippen LogP contribution is -2.17. The van der Waals surface area contributed by atoms with Crippen LogP contribution in [0.4, 0.5) is 5.69 Å². The number of benzene rings is 1. The first-order chi connectivity index (χ1) is 12.5. The van der Waals surface area contributed by atoms with Gasteiger partial charge in [-0.25, -0.2) is 4.98 Å². The van der Waals surface area contributed by atoms with E-state index in [-0.39, 0.29) is 17.4 Å². The molecule has 1 fully saturated rings. The SMILES string of the molecule is CC(=O)c1ccccc1NC(=O)CSc1nc(C)c(C)n1C1CCCC1. The quantitative estimate of drug-likeness (QED) is 0.598. The van der Waals surface area contributed by atoms with Crippen LogP contribution in [-0.4, -0.2) is 27.0 Å². The van der Waals surface area contributed by atoms with Gasteiger partial charge in [0.1, 0.15) is 0 Å². The number of hydrogen-bond acceptors (Lipinski definition) is 4. The van der Waals surface area contributed by atoms with E-state index >= 15 is 0 Å². The summed E-state index contributed by atoms with van der Waals surface area (Å²) >= 11 is 1.47. The van der Waals surface area contributed by atoms with Crippen LogP contribution in [0, 0.1) is 13.8 Å². The van der Waals surface area contributed by atoms with E-state index in [4.69, 9.17) is 0 Å². The van der Waals surface area contributed by atoms with E-state index in [0.717, 1.165) is 10.9 Å². The molecular formula is C20H25N3O2S. The highest BCUT2D eigenvalue weighted by Gasteiger charge is 2.23. The maximum Gasteiger partial charge on any atom is 0.234 e. The molecule has 1 aliphatic carbocycles. The third-order valence-corrected chi connectivity index (χ3v) is 5.91. The molecule has 1 amide bonds. The minimum absolute atomic E-state index is 0.0587. The lowest BCUT2D eigenvalue weighted by molar-refractivity contribution is -0.113. The Hall–Kier alpha value is -2.08. The van der Waals surface area contributed by atoms with Crippen LogP contribution in [0.5, 0.6) is 0 Å². The second kappa shape index (κ2) is 8.08. The van der Waals surface area contributed by atoms with Gasteiger partial charge in [-0.05, 0) is 45.7 Å². The topological polar surface area (TPSA) is 64.0 Å². The van der Waals surface area contributed by atoms with Crippen LogP contribution < -0.4 is 5.32 Å². The number of thioether (sulfide) groups is 1. The zero-order valence-corrected chi connectivity index (χ0v) is 16.4. The highest BCUT2D eigenvalue weighted by Crippen LogP contribution is 2.35. The molecule has 3 rings (SSSR count). The zero-order chi connectivity index (χ0) is 18.7. The van der Waals surface area contributed by atoms with Crippen molar-refractivity contribution < 1.29 is 9.59 Å². The second-order valence-electron chi connectivity index (χ2n) is 6.81. The van der Waals surface area contributed by atoms with Crippen molar-refractivity contribution in [2.24, 2.45) is 0 Å². The van der Waals surface area contributed by atoms with Crippen molar-refractivity contribution in [3.8, 4) is 0 Å². The lowest BCUT2D eigenvalue weighted by Gasteiger charge is -2.17. The predicted octanol–water partition coefficient (Wildman–Crippen LogP) is 4.55. The van der Waals surface area contributed by atoms with Crippen molar-refractivity contribution in [1.82, 2.24) is 9.55 Å². The van der Waals surface area contributed by atoms with Crippen molar-refractivity contribution in [3.05, 3.63) is 41.2 Å². The molecule has 26 heavy (non-hydrogen) atoms. The summed E-state index contributed by atoms with van der Waals surface area (Å²) in [6.45, 7) is 5.63. The third kappa shape index (κ3) is 4.01. The second-order valence-corrected chi connectivity index (χ2v) is 7.75. The standard InChI is InChI=1S/C20H25N3O2S/c1-13-14(2)23(16-8-4-5-9-16)20(21-13)26-12-19(25)22-18-11-7-6-10-17(18)15(3)24/h6-7,10-11,16H,4-5,8-9,12H2,1-3H3,(H,22,25). The van der Waals surface area contributed by atoms with Crippen molar-refractivity contribution >= 4 is 29.1 Å². The van der Waals surface area contributed by atoms with Crippen LogP contribution >= 0.6 is 11.8 Å². The summed E-state index contributed by atoms with van der Waals surface area (Å²) in [5, 5.41) is 3.77. The maximum absolute atomic E-state index is 12.4. The number of carbonyl (C=O) groups is 2. The number of nitrogens with one attached hydrogen (secondary N) is 1. The van der Waals surface area contributed by atoms with Crippen molar-refractivity contribution in [2.45, 2.75) is 57.7 Å². The number of aryl methyl sites for hydroxylation is 1. The van der Waals surface area contributed by atoms with E-state index in [0.29, 0.717) is 17.3 Å². The fourth-order valence-electron chi connectivity index (χ4n) is 3.51. The van der Waals surface area contributed by atoms with Crippen LogP contribution in [0.25, 0.3) is 0 Å². The first kappa shape index (κ1) is 18.7. The smallest absolute Gasteiger partial charge is 0.234 e. The Kier molecular flexibility index (Phi) is 5.81. The van der Waals surface area contributed by atoms with Gasteiger partial charge in [-0.3, -0.25) is 9.59 Å².